The molecule has 0 N–H and O–H groups in total. The summed E-state index contributed by atoms with van der Waals surface area (Å²) in [5.41, 5.74) is 0. The molecule has 10 nitrogen and oxygen atoms in total. The molecule has 0 rings (SSSR count). The molecule has 0 saturated heterocycles. The number of unbranched alkanes of at least 4 members (excludes halogenated alkanes) is 34. The number of carbonyl (C=O) groups is 2. The van der Waals surface area contributed by atoms with E-state index in [4.69, 9.17) is 0 Å². The molecule has 13 heteroatoms. The average Bonchev–Trinajstić information content (AvgIpc) is 3.23. The van der Waals surface area contributed by atoms with E-state index in [0.29, 0.717) is 0 Å². The molecule has 0 aromatic heterocycles. The number of hydrogen-bond acceptors (Lipinski definition) is 8. The Bertz CT molecular complexity index is 1200. The number of likely N-dealkylation sites (N-methyl/N-ethyl adjacent to an activating group) is 2. The van der Waals surface area contributed by atoms with Gasteiger partial charge in [0, 0.05) is 27.2 Å². The molecule has 0 bridgehead atoms. The van der Waals surface area contributed by atoms with E-state index < -0.39 is 31.7 Å². The van der Waals surface area contributed by atoms with Crippen molar-refractivity contribution in [1.82, 2.24) is 9.80 Å². The third-order valence-corrected chi connectivity index (χ3v) is 12.9. The predicted octanol–water partition coefficient (Wildman–Crippen LogP) is 12.8. The van der Waals surface area contributed by atoms with Crippen LogP contribution in [-0.2, 0) is 29.8 Å². The molecule has 0 fully saturated rings. The normalized spacial score (nSPS) is 11.8. The number of amides is 2. The van der Waals surface area contributed by atoms with Gasteiger partial charge in [-0.3, -0.25) is 9.59 Å². The summed E-state index contributed by atoms with van der Waals surface area (Å²) >= 11 is 0. The van der Waals surface area contributed by atoms with Gasteiger partial charge in [0.05, 0.1) is 31.7 Å². The smallest absolute Gasteiger partial charge is 0.748 e. The van der Waals surface area contributed by atoms with Crippen LogP contribution in [0, 0.1) is 0 Å². The summed E-state index contributed by atoms with van der Waals surface area (Å²) in [6.07, 6.45) is 54.2. The second-order valence-corrected chi connectivity index (χ2v) is 20.8. The quantitative estimate of drug-likeness (QED) is 0.0253. The molecule has 368 valence electrons. The molecule has 0 saturated carbocycles. The van der Waals surface area contributed by atoms with Gasteiger partial charge < -0.3 is 18.9 Å². The molecule has 0 atom stereocenters. The first-order valence-corrected chi connectivity index (χ1v) is 28.6. The van der Waals surface area contributed by atoms with Crippen LogP contribution >= 0.6 is 0 Å². The molecule has 0 heterocycles. The number of rotatable bonds is 44. The second kappa shape index (κ2) is 49.4. The number of carbonyl (C=O) groups excluding carboxylic acids is 2. The van der Waals surface area contributed by atoms with Crippen LogP contribution in [-0.4, -0.2) is 124 Å². The van der Waals surface area contributed by atoms with Gasteiger partial charge in [-0.1, -0.05) is 231 Å². The van der Waals surface area contributed by atoms with E-state index in [-0.39, 0.29) is 62.6 Å². The Morgan fingerprint density at radius 1 is 0.381 bits per heavy atom. The van der Waals surface area contributed by atoms with Crippen molar-refractivity contribution >= 4 is 69.8 Å². The van der Waals surface area contributed by atoms with E-state index >= 15 is 0 Å². The summed E-state index contributed by atoms with van der Waals surface area (Å²) in [6, 6.07) is 0. The molecule has 0 unspecified atom stereocenters. The summed E-state index contributed by atoms with van der Waals surface area (Å²) < 4.78 is 63.5. The van der Waals surface area contributed by atoms with Crippen molar-refractivity contribution in [2.45, 2.75) is 245 Å². The SMILES string of the molecule is CCCCCCCCCCCCCCCCCCC/C=C/C(=O)N(C)CCS(=O)(=O)[O-].CCCCCCCCCCCCCCCCCCC/C=C/C(=O)N(C)CCS(=O)(=O)[O-].[Ca+2]. The second-order valence-electron chi connectivity index (χ2n) is 17.7. The van der Waals surface area contributed by atoms with Crippen molar-refractivity contribution in [3.63, 3.8) is 0 Å². The minimum absolute atomic E-state index is 0. The van der Waals surface area contributed by atoms with Crippen LogP contribution in [0.15, 0.2) is 24.3 Å². The Labute approximate surface area is 419 Å². The first kappa shape index (κ1) is 66.8. The standard InChI is InChI=1S/2C25H49NO4S.Ca/c2*1-3-4-5-6-7-8-9-10-11-12-13-14-15-16-17-18-19-20-21-22-25(27)26(2)23-24-31(28,29)30;/h2*21-22H,3-20,23-24H2,1-2H3,(H,28,29,30);/q;;+2/p-2/b2*22-21+;. The molecule has 0 spiro atoms. The Morgan fingerprint density at radius 2 is 0.571 bits per heavy atom. The molecule has 63 heavy (non-hydrogen) atoms. The minimum Gasteiger partial charge on any atom is -0.748 e. The van der Waals surface area contributed by atoms with Crippen molar-refractivity contribution in [3.8, 4) is 0 Å². The minimum atomic E-state index is -4.28. The van der Waals surface area contributed by atoms with E-state index in [1.165, 1.54) is 242 Å². The molecule has 0 aromatic carbocycles. The summed E-state index contributed by atoms with van der Waals surface area (Å²) in [5.74, 6) is -1.59. The van der Waals surface area contributed by atoms with Crippen LogP contribution < -0.4 is 0 Å². The molecule has 0 radical (unpaired) electrons. The Balaban J connectivity index is -0.00000112. The zero-order valence-corrected chi connectivity index (χ0v) is 45.1. The van der Waals surface area contributed by atoms with E-state index in [9.17, 15) is 35.5 Å². The molecule has 0 aliphatic rings. The largest absolute Gasteiger partial charge is 2.00 e. The topological polar surface area (TPSA) is 155 Å². The maximum atomic E-state index is 11.8. The van der Waals surface area contributed by atoms with Crippen molar-refractivity contribution < 1.29 is 35.5 Å². The van der Waals surface area contributed by atoms with E-state index in [2.05, 4.69) is 13.8 Å². The maximum Gasteiger partial charge on any atom is 2.00 e. The van der Waals surface area contributed by atoms with Crippen molar-refractivity contribution in [2.75, 3.05) is 38.7 Å². The average molecular weight is 958 g/mol. The number of allylic oxidation sites excluding steroid dienone is 2. The van der Waals surface area contributed by atoms with Crippen LogP contribution in [0.5, 0.6) is 0 Å². The fraction of sp³-hybridized carbons (Fsp3) is 0.880. The first-order valence-electron chi connectivity index (χ1n) is 25.4. The van der Waals surface area contributed by atoms with Crippen LogP contribution in [0.25, 0.3) is 0 Å². The van der Waals surface area contributed by atoms with Crippen molar-refractivity contribution in [1.29, 1.82) is 0 Å². The van der Waals surface area contributed by atoms with Crippen LogP contribution in [0.2, 0.25) is 0 Å². The van der Waals surface area contributed by atoms with Crippen molar-refractivity contribution in [3.05, 3.63) is 24.3 Å². The van der Waals surface area contributed by atoms with Gasteiger partial charge in [-0.2, -0.15) is 0 Å². The van der Waals surface area contributed by atoms with Gasteiger partial charge in [-0.05, 0) is 37.8 Å². The van der Waals surface area contributed by atoms with E-state index in [1.807, 2.05) is 12.2 Å². The third kappa shape index (κ3) is 57.6. The molecule has 0 aliphatic heterocycles. The van der Waals surface area contributed by atoms with Gasteiger partial charge in [0.15, 0.2) is 0 Å². The van der Waals surface area contributed by atoms with Gasteiger partial charge in [0.25, 0.3) is 0 Å². The van der Waals surface area contributed by atoms with Gasteiger partial charge >= 0.3 is 37.7 Å². The summed E-state index contributed by atoms with van der Waals surface area (Å²) in [5, 5.41) is 0. The number of hydrogen-bond donors (Lipinski definition) is 0. The van der Waals surface area contributed by atoms with Crippen LogP contribution in [0.4, 0.5) is 0 Å². The predicted molar refractivity (Wildman–Crippen MR) is 266 cm³/mol. The Kier molecular flexibility index (Phi) is 52.4. The van der Waals surface area contributed by atoms with Gasteiger partial charge in [0.1, 0.15) is 0 Å². The fourth-order valence-electron chi connectivity index (χ4n) is 7.31. The third-order valence-electron chi connectivity index (χ3n) is 11.6. The fourth-order valence-corrected chi connectivity index (χ4v) is 8.31. The molecule has 0 aliphatic carbocycles. The van der Waals surface area contributed by atoms with E-state index in [0.717, 1.165) is 25.7 Å². The molecular formula is C50H96CaN2O8S2. The zero-order chi connectivity index (χ0) is 46.4. The Morgan fingerprint density at radius 3 is 0.762 bits per heavy atom. The maximum absolute atomic E-state index is 11.8. The molecule has 0 aromatic rings. The van der Waals surface area contributed by atoms with Gasteiger partial charge in [-0.15, -0.1) is 0 Å². The molecular weight excluding hydrogens is 861 g/mol. The van der Waals surface area contributed by atoms with Crippen molar-refractivity contribution in [2.24, 2.45) is 0 Å². The van der Waals surface area contributed by atoms with Crippen LogP contribution in [0.3, 0.4) is 0 Å². The van der Waals surface area contributed by atoms with Gasteiger partial charge in [-0.25, -0.2) is 16.8 Å². The van der Waals surface area contributed by atoms with E-state index in [1.54, 1.807) is 0 Å². The zero-order valence-electron chi connectivity index (χ0n) is 41.3. The van der Waals surface area contributed by atoms with Crippen LogP contribution in [0.1, 0.15) is 245 Å². The first-order chi connectivity index (χ1) is 29.7. The monoisotopic (exact) mass is 957 g/mol. The number of nitrogens with zero attached hydrogens (tertiary/aromatic N) is 2. The molecule has 2 amide bonds. The van der Waals surface area contributed by atoms with Gasteiger partial charge in [0.2, 0.25) is 11.8 Å². The summed E-state index contributed by atoms with van der Waals surface area (Å²) in [7, 11) is -5.54. The Hall–Kier alpha value is -0.500. The summed E-state index contributed by atoms with van der Waals surface area (Å²) in [4.78, 5) is 26.1. The summed E-state index contributed by atoms with van der Waals surface area (Å²) in [6.45, 7) is 4.42.